The second-order valence-corrected chi connectivity index (χ2v) is 4.01. The standard InChI is InChI=1S/C11H11N7O3/c1-16-8(18(19)20)5-13-11(16)9-7(4-12)10(14-6-21-3)17(2)15-9/h5-6H,1-3H3/b14-6-. The molecule has 2 aromatic heterocycles. The van der Waals surface area contributed by atoms with Crippen LogP contribution >= 0.6 is 0 Å². The van der Waals surface area contributed by atoms with E-state index >= 15 is 0 Å². The Labute approximate surface area is 119 Å². The zero-order chi connectivity index (χ0) is 15.6. The number of hydrogen-bond acceptors (Lipinski definition) is 7. The molecule has 0 aliphatic rings. The Morgan fingerprint density at radius 1 is 1.57 bits per heavy atom. The predicted octanol–water partition coefficient (Wildman–Crippen LogP) is 0.907. The van der Waals surface area contributed by atoms with E-state index in [0.717, 1.165) is 6.20 Å². The Balaban J connectivity index is 2.63. The monoisotopic (exact) mass is 289 g/mol. The van der Waals surface area contributed by atoms with E-state index in [0.29, 0.717) is 0 Å². The summed E-state index contributed by atoms with van der Waals surface area (Å²) in [6.45, 7) is 0. The van der Waals surface area contributed by atoms with Crippen molar-refractivity contribution in [3.8, 4) is 17.6 Å². The summed E-state index contributed by atoms with van der Waals surface area (Å²) in [5, 5.41) is 24.3. The predicted molar refractivity (Wildman–Crippen MR) is 71.9 cm³/mol. The van der Waals surface area contributed by atoms with Gasteiger partial charge in [0.05, 0.1) is 14.2 Å². The number of imidazole rings is 1. The highest BCUT2D eigenvalue weighted by atomic mass is 16.6. The van der Waals surface area contributed by atoms with Gasteiger partial charge in [0.25, 0.3) is 5.82 Å². The molecule has 0 radical (unpaired) electrons. The van der Waals surface area contributed by atoms with Gasteiger partial charge in [-0.05, 0) is 4.92 Å². The number of nitriles is 1. The molecule has 0 aliphatic carbocycles. The summed E-state index contributed by atoms with van der Waals surface area (Å²) in [6.07, 6.45) is 2.28. The van der Waals surface area contributed by atoms with Crippen molar-refractivity contribution in [3.63, 3.8) is 0 Å². The lowest BCUT2D eigenvalue weighted by atomic mass is 10.2. The second-order valence-electron chi connectivity index (χ2n) is 4.01. The third-order valence-corrected chi connectivity index (χ3v) is 2.77. The van der Waals surface area contributed by atoms with Crippen LogP contribution in [0.1, 0.15) is 5.56 Å². The van der Waals surface area contributed by atoms with E-state index < -0.39 is 4.92 Å². The number of hydrogen-bond donors (Lipinski definition) is 0. The normalized spacial score (nSPS) is 10.8. The molecule has 10 heteroatoms. The fourth-order valence-electron chi connectivity index (χ4n) is 1.82. The molecule has 2 aromatic rings. The summed E-state index contributed by atoms with van der Waals surface area (Å²) in [4.78, 5) is 18.2. The average molecular weight is 289 g/mol. The van der Waals surface area contributed by atoms with Crippen molar-refractivity contribution in [2.24, 2.45) is 19.1 Å². The molecule has 0 spiro atoms. The summed E-state index contributed by atoms with van der Waals surface area (Å²) in [6, 6.07) is 1.98. The van der Waals surface area contributed by atoms with Gasteiger partial charge in [-0.2, -0.15) is 15.4 Å². The molecule has 0 atom stereocenters. The number of aliphatic imine (C=N–C) groups is 1. The van der Waals surface area contributed by atoms with Crippen molar-refractivity contribution in [2.75, 3.05) is 7.11 Å². The minimum Gasteiger partial charge on any atom is -0.486 e. The first-order valence-electron chi connectivity index (χ1n) is 5.70. The van der Waals surface area contributed by atoms with Gasteiger partial charge in [-0.15, -0.1) is 0 Å². The van der Waals surface area contributed by atoms with Crippen LogP contribution in [-0.2, 0) is 18.8 Å². The van der Waals surface area contributed by atoms with E-state index in [4.69, 9.17) is 4.74 Å². The fourth-order valence-corrected chi connectivity index (χ4v) is 1.82. The Hall–Kier alpha value is -3.22. The minimum atomic E-state index is -0.560. The van der Waals surface area contributed by atoms with Crippen molar-refractivity contribution < 1.29 is 9.66 Å². The average Bonchev–Trinajstić information content (AvgIpc) is 2.96. The van der Waals surface area contributed by atoms with Gasteiger partial charge in [-0.25, -0.2) is 14.2 Å². The molecule has 0 saturated heterocycles. The largest absolute Gasteiger partial charge is 0.486 e. The lowest BCUT2D eigenvalue weighted by molar-refractivity contribution is -0.391. The zero-order valence-electron chi connectivity index (χ0n) is 11.5. The van der Waals surface area contributed by atoms with Crippen LogP contribution in [-0.4, -0.2) is 37.8 Å². The number of nitrogens with zero attached hydrogens (tertiary/aromatic N) is 7. The summed E-state index contributed by atoms with van der Waals surface area (Å²) in [5.41, 5.74) is 0.383. The molecule has 2 heterocycles. The van der Waals surface area contributed by atoms with Gasteiger partial charge >= 0.3 is 5.82 Å². The summed E-state index contributed by atoms with van der Waals surface area (Å²) >= 11 is 0. The van der Waals surface area contributed by atoms with Gasteiger partial charge in [-0.3, -0.25) is 0 Å². The molecular formula is C11H11N7O3. The topological polar surface area (TPSA) is 124 Å². The maximum atomic E-state index is 10.8. The van der Waals surface area contributed by atoms with Crippen molar-refractivity contribution >= 4 is 18.0 Å². The van der Waals surface area contributed by atoms with Crippen LogP contribution in [0.2, 0.25) is 0 Å². The minimum absolute atomic E-state index is 0.161. The second kappa shape index (κ2) is 5.41. The van der Waals surface area contributed by atoms with E-state index in [-0.39, 0.29) is 28.7 Å². The van der Waals surface area contributed by atoms with E-state index in [1.54, 1.807) is 7.05 Å². The molecule has 0 saturated carbocycles. The molecule has 0 fully saturated rings. The number of aryl methyl sites for hydroxylation is 1. The highest BCUT2D eigenvalue weighted by Crippen LogP contribution is 2.30. The van der Waals surface area contributed by atoms with Gasteiger partial charge in [-0.1, -0.05) is 0 Å². The summed E-state index contributed by atoms with van der Waals surface area (Å²) < 4.78 is 7.36. The van der Waals surface area contributed by atoms with Crippen LogP contribution < -0.4 is 0 Å². The lowest BCUT2D eigenvalue weighted by Crippen LogP contribution is -2.00. The van der Waals surface area contributed by atoms with Crippen LogP contribution in [0.25, 0.3) is 11.5 Å². The number of methoxy groups -OCH3 is 1. The molecular weight excluding hydrogens is 278 g/mol. The lowest BCUT2D eigenvalue weighted by Gasteiger charge is -1.96. The number of rotatable bonds is 4. The molecule has 0 N–H and O–H groups in total. The number of ether oxygens (including phenoxy) is 1. The third-order valence-electron chi connectivity index (χ3n) is 2.77. The first-order valence-corrected chi connectivity index (χ1v) is 5.70. The quantitative estimate of drug-likeness (QED) is 0.356. The molecule has 0 aliphatic heterocycles. The Morgan fingerprint density at radius 3 is 2.81 bits per heavy atom. The molecule has 2 rings (SSSR count). The van der Waals surface area contributed by atoms with Gasteiger partial charge < -0.3 is 14.9 Å². The molecule has 108 valence electrons. The highest BCUT2D eigenvalue weighted by Gasteiger charge is 2.26. The van der Waals surface area contributed by atoms with E-state index in [1.165, 1.54) is 29.8 Å². The molecule has 21 heavy (non-hydrogen) atoms. The SMILES string of the molecule is CO/C=N\c1c(C#N)c(-c2ncc([N+](=O)[O-])n2C)nn1C. The van der Waals surface area contributed by atoms with Crippen LogP contribution in [0.3, 0.4) is 0 Å². The smallest absolute Gasteiger partial charge is 0.342 e. The maximum absolute atomic E-state index is 10.8. The molecule has 0 amide bonds. The number of aromatic nitrogens is 4. The van der Waals surface area contributed by atoms with E-state index in [1.807, 2.05) is 6.07 Å². The van der Waals surface area contributed by atoms with E-state index in [2.05, 4.69) is 15.1 Å². The van der Waals surface area contributed by atoms with Crippen molar-refractivity contribution in [2.45, 2.75) is 0 Å². The van der Waals surface area contributed by atoms with Gasteiger partial charge in [0, 0.05) is 7.05 Å². The molecule has 0 aromatic carbocycles. The van der Waals surface area contributed by atoms with Gasteiger partial charge in [0.15, 0.2) is 17.9 Å². The Bertz CT molecular complexity index is 766. The first-order chi connectivity index (χ1) is 10.0. The molecule has 0 bridgehead atoms. The molecule has 0 unspecified atom stereocenters. The van der Waals surface area contributed by atoms with Crippen LogP contribution in [0, 0.1) is 21.4 Å². The Morgan fingerprint density at radius 2 is 2.29 bits per heavy atom. The first kappa shape index (κ1) is 14.2. The van der Waals surface area contributed by atoms with Crippen LogP contribution in [0.5, 0.6) is 0 Å². The zero-order valence-corrected chi connectivity index (χ0v) is 11.5. The highest BCUT2D eigenvalue weighted by molar-refractivity contribution is 5.71. The van der Waals surface area contributed by atoms with E-state index in [9.17, 15) is 15.4 Å². The van der Waals surface area contributed by atoms with Gasteiger partial charge in [0.2, 0.25) is 0 Å². The van der Waals surface area contributed by atoms with Gasteiger partial charge in [0.1, 0.15) is 17.8 Å². The molecule has 10 nitrogen and oxygen atoms in total. The maximum Gasteiger partial charge on any atom is 0.342 e. The van der Waals surface area contributed by atoms with Crippen LogP contribution in [0.15, 0.2) is 11.2 Å². The number of nitro groups is 1. The fraction of sp³-hybridized carbons (Fsp3) is 0.273. The summed E-state index contributed by atoms with van der Waals surface area (Å²) in [5.74, 6) is 0.300. The van der Waals surface area contributed by atoms with Crippen molar-refractivity contribution in [1.29, 1.82) is 5.26 Å². The Kier molecular flexibility index (Phi) is 3.66. The van der Waals surface area contributed by atoms with Crippen LogP contribution in [0.4, 0.5) is 11.6 Å². The van der Waals surface area contributed by atoms with Crippen molar-refractivity contribution in [1.82, 2.24) is 19.3 Å². The van der Waals surface area contributed by atoms with Crippen molar-refractivity contribution in [3.05, 3.63) is 21.9 Å². The third kappa shape index (κ3) is 2.32. The summed E-state index contributed by atoms with van der Waals surface area (Å²) in [7, 11) is 4.51.